The van der Waals surface area contributed by atoms with Gasteiger partial charge in [0, 0.05) is 30.1 Å². The lowest BCUT2D eigenvalue weighted by atomic mass is 9.87. The zero-order valence-corrected chi connectivity index (χ0v) is 20.0. The zero-order chi connectivity index (χ0) is 23.8. The summed E-state index contributed by atoms with van der Waals surface area (Å²) in [6, 6.07) is 4.43. The van der Waals surface area contributed by atoms with Crippen molar-refractivity contribution in [2.24, 2.45) is 5.92 Å². The number of piperidine rings is 1. The molecule has 3 N–H and O–H groups in total. The van der Waals surface area contributed by atoms with Crippen LogP contribution in [0.2, 0.25) is 10.0 Å². The summed E-state index contributed by atoms with van der Waals surface area (Å²) in [5.74, 6) is -0.875. The topological polar surface area (TPSA) is 108 Å². The Morgan fingerprint density at radius 1 is 0.879 bits per heavy atom. The second-order valence-electron chi connectivity index (χ2n) is 8.59. The Bertz CT molecular complexity index is 881. The van der Waals surface area contributed by atoms with Gasteiger partial charge in [0.15, 0.2) is 0 Å². The van der Waals surface area contributed by atoms with Crippen molar-refractivity contribution in [2.75, 3.05) is 26.2 Å². The van der Waals surface area contributed by atoms with E-state index in [0.29, 0.717) is 31.0 Å². The van der Waals surface area contributed by atoms with Crippen molar-refractivity contribution in [3.8, 4) is 0 Å². The van der Waals surface area contributed by atoms with E-state index >= 15 is 0 Å². The molecule has 0 unspecified atom stereocenters. The highest BCUT2D eigenvalue weighted by Gasteiger charge is 2.29. The fourth-order valence-electron chi connectivity index (χ4n) is 4.30. The minimum Gasteiger partial charge on any atom is -0.352 e. The smallest absolute Gasteiger partial charge is 0.253 e. The molecule has 0 atom stereocenters. The Hall–Kier alpha value is -2.32. The van der Waals surface area contributed by atoms with Gasteiger partial charge in [0.25, 0.3) is 5.91 Å². The van der Waals surface area contributed by atoms with Gasteiger partial charge in [-0.1, -0.05) is 42.5 Å². The highest BCUT2D eigenvalue weighted by atomic mass is 35.5. The van der Waals surface area contributed by atoms with E-state index in [0.717, 1.165) is 25.7 Å². The second-order valence-corrected chi connectivity index (χ2v) is 9.43. The van der Waals surface area contributed by atoms with Gasteiger partial charge in [-0.15, -0.1) is 0 Å². The molecule has 0 radical (unpaired) electrons. The largest absolute Gasteiger partial charge is 0.352 e. The summed E-state index contributed by atoms with van der Waals surface area (Å²) in [5.41, 5.74) is 0.208. The molecule has 3 rings (SSSR count). The lowest BCUT2D eigenvalue weighted by Crippen LogP contribution is -2.50. The standard InChI is InChI=1S/C23H30Cl2N4O4/c24-16-6-7-18(19(25)12-16)22(32)27-13-20(30)26-14-21(31)28-17-8-10-29(11-9-17)23(33)15-4-2-1-3-5-15/h6-7,12,15,17H,1-5,8-11,13-14H2,(H,26,30)(H,27,32)(H,28,31). The average molecular weight is 497 g/mol. The minimum absolute atomic E-state index is 0.0171. The molecule has 4 amide bonds. The molecule has 2 fully saturated rings. The molecule has 33 heavy (non-hydrogen) atoms. The number of carbonyl (C=O) groups is 4. The van der Waals surface area contributed by atoms with Gasteiger partial charge in [-0.3, -0.25) is 19.2 Å². The summed E-state index contributed by atoms with van der Waals surface area (Å²) < 4.78 is 0. The monoisotopic (exact) mass is 496 g/mol. The van der Waals surface area contributed by atoms with Crippen molar-refractivity contribution in [1.29, 1.82) is 0 Å². The third kappa shape index (κ3) is 7.61. The SMILES string of the molecule is O=C(CNC(=O)c1ccc(Cl)cc1Cl)NCC(=O)NC1CCN(C(=O)C2CCCCC2)CC1. The maximum atomic E-state index is 12.6. The Labute approximate surface area is 203 Å². The van der Waals surface area contributed by atoms with Crippen LogP contribution in [0, 0.1) is 5.92 Å². The lowest BCUT2D eigenvalue weighted by molar-refractivity contribution is -0.137. The number of likely N-dealkylation sites (tertiary alicyclic amines) is 1. The fourth-order valence-corrected chi connectivity index (χ4v) is 4.80. The van der Waals surface area contributed by atoms with Gasteiger partial charge in [-0.2, -0.15) is 0 Å². The van der Waals surface area contributed by atoms with E-state index in [2.05, 4.69) is 16.0 Å². The Balaban J connectivity index is 1.32. The first-order valence-corrected chi connectivity index (χ1v) is 12.2. The first-order valence-electron chi connectivity index (χ1n) is 11.4. The number of nitrogens with one attached hydrogen (secondary N) is 3. The van der Waals surface area contributed by atoms with Gasteiger partial charge < -0.3 is 20.9 Å². The molecule has 0 bridgehead atoms. The van der Waals surface area contributed by atoms with Crippen molar-refractivity contribution >= 4 is 46.8 Å². The van der Waals surface area contributed by atoms with Crippen LogP contribution in [0.1, 0.15) is 55.3 Å². The molecule has 1 saturated carbocycles. The molecule has 180 valence electrons. The number of benzene rings is 1. The Morgan fingerprint density at radius 3 is 2.21 bits per heavy atom. The summed E-state index contributed by atoms with van der Waals surface area (Å²) in [5, 5.41) is 8.45. The number of rotatable bonds is 7. The summed E-state index contributed by atoms with van der Waals surface area (Å²) in [6.45, 7) is 0.822. The van der Waals surface area contributed by atoms with Crippen LogP contribution < -0.4 is 16.0 Å². The Morgan fingerprint density at radius 2 is 1.55 bits per heavy atom. The van der Waals surface area contributed by atoms with Crippen LogP contribution in [0.5, 0.6) is 0 Å². The highest BCUT2D eigenvalue weighted by molar-refractivity contribution is 6.36. The summed E-state index contributed by atoms with van der Waals surface area (Å²) in [6.07, 6.45) is 6.87. The van der Waals surface area contributed by atoms with Gasteiger partial charge in [-0.05, 0) is 43.9 Å². The first-order chi connectivity index (χ1) is 15.8. The van der Waals surface area contributed by atoms with Gasteiger partial charge in [0.05, 0.1) is 23.7 Å². The van der Waals surface area contributed by atoms with Crippen molar-refractivity contribution in [2.45, 2.75) is 51.0 Å². The molecular weight excluding hydrogens is 467 g/mol. The minimum atomic E-state index is -0.509. The predicted octanol–water partition coefficient (Wildman–Crippen LogP) is 2.53. The molecule has 1 aliphatic heterocycles. The fraction of sp³-hybridized carbons (Fsp3) is 0.565. The summed E-state index contributed by atoms with van der Waals surface area (Å²) >= 11 is 11.8. The van der Waals surface area contributed by atoms with Crippen LogP contribution in [0.3, 0.4) is 0 Å². The average Bonchev–Trinajstić information content (AvgIpc) is 2.82. The van der Waals surface area contributed by atoms with E-state index in [9.17, 15) is 19.2 Å². The molecule has 1 aromatic rings. The van der Waals surface area contributed by atoms with Crippen LogP contribution >= 0.6 is 23.2 Å². The molecule has 1 saturated heterocycles. The quantitative estimate of drug-likeness (QED) is 0.538. The number of amides is 4. The van der Waals surface area contributed by atoms with E-state index in [4.69, 9.17) is 23.2 Å². The number of hydrogen-bond acceptors (Lipinski definition) is 4. The van der Waals surface area contributed by atoms with Gasteiger partial charge in [-0.25, -0.2) is 0 Å². The van der Waals surface area contributed by atoms with Crippen LogP contribution in [-0.2, 0) is 14.4 Å². The molecule has 0 spiro atoms. The van der Waals surface area contributed by atoms with E-state index in [1.54, 1.807) is 0 Å². The molecule has 0 aromatic heterocycles. The van der Waals surface area contributed by atoms with Crippen molar-refractivity contribution in [3.05, 3.63) is 33.8 Å². The maximum absolute atomic E-state index is 12.6. The van der Waals surface area contributed by atoms with Crippen molar-refractivity contribution in [1.82, 2.24) is 20.9 Å². The normalized spacial score (nSPS) is 17.3. The van der Waals surface area contributed by atoms with Crippen LogP contribution in [0.15, 0.2) is 18.2 Å². The van der Waals surface area contributed by atoms with Crippen LogP contribution in [-0.4, -0.2) is 60.7 Å². The van der Waals surface area contributed by atoms with Crippen molar-refractivity contribution < 1.29 is 19.2 Å². The third-order valence-corrected chi connectivity index (χ3v) is 6.71. The molecule has 10 heteroatoms. The van der Waals surface area contributed by atoms with Crippen LogP contribution in [0.4, 0.5) is 0 Å². The zero-order valence-electron chi connectivity index (χ0n) is 18.5. The van der Waals surface area contributed by atoms with E-state index < -0.39 is 11.8 Å². The van der Waals surface area contributed by atoms with Gasteiger partial charge in [0.2, 0.25) is 17.7 Å². The van der Waals surface area contributed by atoms with Gasteiger partial charge >= 0.3 is 0 Å². The van der Waals surface area contributed by atoms with E-state index in [1.807, 2.05) is 4.90 Å². The number of halogens is 2. The molecule has 1 heterocycles. The molecular formula is C23H30Cl2N4O4. The molecule has 8 nitrogen and oxygen atoms in total. The Kier molecular flexibility index (Phi) is 9.38. The number of hydrogen-bond donors (Lipinski definition) is 3. The maximum Gasteiger partial charge on any atom is 0.253 e. The molecule has 1 aromatic carbocycles. The summed E-state index contributed by atoms with van der Waals surface area (Å²) in [7, 11) is 0. The van der Waals surface area contributed by atoms with Crippen LogP contribution in [0.25, 0.3) is 0 Å². The molecule has 1 aliphatic carbocycles. The van der Waals surface area contributed by atoms with E-state index in [1.165, 1.54) is 24.6 Å². The number of nitrogens with zero attached hydrogens (tertiary/aromatic N) is 1. The van der Waals surface area contributed by atoms with Crippen molar-refractivity contribution in [3.63, 3.8) is 0 Å². The predicted molar refractivity (Wildman–Crippen MR) is 126 cm³/mol. The number of carbonyl (C=O) groups excluding carboxylic acids is 4. The first kappa shape index (κ1) is 25.3. The second kappa shape index (κ2) is 12.2. The highest BCUT2D eigenvalue weighted by Crippen LogP contribution is 2.26. The lowest BCUT2D eigenvalue weighted by Gasteiger charge is -2.35. The molecule has 2 aliphatic rings. The summed E-state index contributed by atoms with van der Waals surface area (Å²) in [4.78, 5) is 50.9. The third-order valence-electron chi connectivity index (χ3n) is 6.16. The van der Waals surface area contributed by atoms with Gasteiger partial charge in [0.1, 0.15) is 0 Å². The van der Waals surface area contributed by atoms with E-state index in [-0.39, 0.29) is 47.4 Å².